The van der Waals surface area contributed by atoms with Gasteiger partial charge >= 0.3 is 0 Å². The maximum absolute atomic E-state index is 13.2. The summed E-state index contributed by atoms with van der Waals surface area (Å²) in [6.45, 7) is 2.05. The second kappa shape index (κ2) is 11.6. The van der Waals surface area contributed by atoms with Crippen LogP contribution in [-0.2, 0) is 28.9 Å². The molecule has 3 rings (SSSR count). The molecule has 1 aromatic carbocycles. The largest absolute Gasteiger partial charge is 0.370 e. The number of rotatable bonds is 10. The fourth-order valence-electron chi connectivity index (χ4n) is 3.95. The van der Waals surface area contributed by atoms with Crippen LogP contribution in [0.3, 0.4) is 0 Å². The van der Waals surface area contributed by atoms with Crippen LogP contribution < -0.4 is 11.1 Å². The molecule has 6 nitrogen and oxygen atoms in total. The van der Waals surface area contributed by atoms with Gasteiger partial charge in [-0.2, -0.15) is 0 Å². The van der Waals surface area contributed by atoms with Gasteiger partial charge in [-0.3, -0.25) is 14.4 Å². The Morgan fingerprint density at radius 2 is 1.88 bits per heavy atom. The molecule has 0 spiro atoms. The number of nitrogens with zero attached hydrogens (tertiary/aromatic N) is 1. The number of fused-ring (bicyclic) bond motifs is 1. The number of primary amides is 1. The first kappa shape index (κ1) is 24.4. The molecule has 0 bridgehead atoms. The highest BCUT2D eigenvalue weighted by Crippen LogP contribution is 2.22. The molecule has 2 aromatic rings. The third-order valence-corrected chi connectivity index (χ3v) is 7.06. The summed E-state index contributed by atoms with van der Waals surface area (Å²) in [5, 5.41) is 2.87. The van der Waals surface area contributed by atoms with Gasteiger partial charge in [-0.05, 0) is 61.6 Å². The molecule has 0 fully saturated rings. The monoisotopic (exact) mass is 475 g/mol. The molecule has 0 saturated heterocycles. The number of benzene rings is 1. The minimum absolute atomic E-state index is 0.0363. The van der Waals surface area contributed by atoms with Crippen LogP contribution >= 0.6 is 22.9 Å². The van der Waals surface area contributed by atoms with E-state index >= 15 is 0 Å². The minimum Gasteiger partial charge on any atom is -0.370 e. The van der Waals surface area contributed by atoms with Gasteiger partial charge in [-0.1, -0.05) is 36.2 Å². The lowest BCUT2D eigenvalue weighted by Crippen LogP contribution is -2.41. The summed E-state index contributed by atoms with van der Waals surface area (Å²) in [6.07, 6.45) is 4.20. The predicted molar refractivity (Wildman–Crippen MR) is 128 cm³/mol. The Morgan fingerprint density at radius 1 is 1.12 bits per heavy atom. The van der Waals surface area contributed by atoms with E-state index < -0.39 is 6.04 Å². The normalized spacial score (nSPS) is 14.9. The average molecular weight is 476 g/mol. The van der Waals surface area contributed by atoms with E-state index in [1.807, 2.05) is 6.07 Å². The van der Waals surface area contributed by atoms with Gasteiger partial charge in [0.2, 0.25) is 5.91 Å². The second-order valence-corrected chi connectivity index (χ2v) is 10.1. The van der Waals surface area contributed by atoms with Crippen LogP contribution in [0.4, 0.5) is 0 Å². The number of Topliss-reactive ketones (excluding diaryl/α,β-unsaturated/α-hetero) is 1. The van der Waals surface area contributed by atoms with E-state index in [1.54, 1.807) is 12.1 Å². The standard InChI is InChI=1S/C24H30ClN3O3S/c1-28-12-10-17-7-6-16(14-18(17)11-13-28)15-20(29)19(4-2-3-5-23(26)30)27-24(31)21-8-9-22(25)32-21/h6-9,14,19H,2-5,10-13,15H2,1H3,(H2,26,30)(H,27,31). The Hall–Kier alpha value is -2.22. The second-order valence-electron chi connectivity index (χ2n) is 8.39. The molecule has 2 heterocycles. The van der Waals surface area contributed by atoms with Gasteiger partial charge in [0.1, 0.15) is 0 Å². The van der Waals surface area contributed by atoms with Gasteiger partial charge < -0.3 is 16.0 Å². The quantitative estimate of drug-likeness (QED) is 0.515. The van der Waals surface area contributed by atoms with Crippen LogP contribution in [0.2, 0.25) is 4.34 Å². The van der Waals surface area contributed by atoms with Gasteiger partial charge in [0.05, 0.1) is 15.3 Å². The Labute approximate surface area is 198 Å². The van der Waals surface area contributed by atoms with E-state index in [1.165, 1.54) is 22.5 Å². The molecule has 172 valence electrons. The number of carbonyl (C=O) groups excluding carboxylic acids is 3. The van der Waals surface area contributed by atoms with E-state index in [2.05, 4.69) is 29.4 Å². The molecule has 1 aromatic heterocycles. The predicted octanol–water partition coefficient (Wildman–Crippen LogP) is 3.39. The fraction of sp³-hybridized carbons (Fsp3) is 0.458. The maximum Gasteiger partial charge on any atom is 0.261 e. The lowest BCUT2D eigenvalue weighted by atomic mass is 9.95. The Morgan fingerprint density at radius 3 is 2.56 bits per heavy atom. The summed E-state index contributed by atoms with van der Waals surface area (Å²) in [4.78, 5) is 39.6. The maximum atomic E-state index is 13.2. The fourth-order valence-corrected chi connectivity index (χ4v) is 4.90. The van der Waals surface area contributed by atoms with E-state index in [-0.39, 0.29) is 30.4 Å². The SMILES string of the molecule is CN1CCc2ccc(CC(=O)C(CCCCC(N)=O)NC(=O)c3ccc(Cl)s3)cc2CC1. The highest BCUT2D eigenvalue weighted by molar-refractivity contribution is 7.18. The van der Waals surface area contributed by atoms with Gasteiger partial charge in [-0.15, -0.1) is 11.3 Å². The molecule has 1 aliphatic rings. The van der Waals surface area contributed by atoms with Crippen molar-refractivity contribution in [2.45, 2.75) is 51.0 Å². The molecule has 3 N–H and O–H groups in total. The number of nitrogens with one attached hydrogen (secondary N) is 1. The molecule has 32 heavy (non-hydrogen) atoms. The van der Waals surface area contributed by atoms with E-state index in [0.29, 0.717) is 28.5 Å². The van der Waals surface area contributed by atoms with Crippen molar-refractivity contribution in [2.75, 3.05) is 20.1 Å². The number of ketones is 1. The lowest BCUT2D eigenvalue weighted by molar-refractivity contribution is -0.120. The lowest BCUT2D eigenvalue weighted by Gasteiger charge is -2.18. The first-order valence-corrected chi connectivity index (χ1v) is 12.2. The van der Waals surface area contributed by atoms with Gasteiger partial charge in [0, 0.05) is 25.9 Å². The zero-order chi connectivity index (χ0) is 23.1. The van der Waals surface area contributed by atoms with Crippen molar-refractivity contribution in [3.63, 3.8) is 0 Å². The van der Waals surface area contributed by atoms with E-state index in [0.717, 1.165) is 31.5 Å². The average Bonchev–Trinajstić information content (AvgIpc) is 3.10. The Kier molecular flexibility index (Phi) is 8.84. The highest BCUT2D eigenvalue weighted by Gasteiger charge is 2.23. The Balaban J connectivity index is 1.68. The first-order valence-electron chi connectivity index (χ1n) is 11.0. The Bertz CT molecular complexity index is 975. The van der Waals surface area contributed by atoms with Gasteiger partial charge in [0.15, 0.2) is 5.78 Å². The van der Waals surface area contributed by atoms with Gasteiger partial charge in [-0.25, -0.2) is 0 Å². The van der Waals surface area contributed by atoms with Crippen molar-refractivity contribution in [3.05, 3.63) is 56.2 Å². The molecular formula is C24H30ClN3O3S. The molecule has 0 radical (unpaired) electrons. The molecule has 1 atom stereocenters. The number of hydrogen-bond donors (Lipinski definition) is 2. The molecule has 1 aliphatic heterocycles. The summed E-state index contributed by atoms with van der Waals surface area (Å²) in [5.41, 5.74) is 8.83. The van der Waals surface area contributed by atoms with Crippen LogP contribution in [0.25, 0.3) is 0 Å². The number of hydrogen-bond acceptors (Lipinski definition) is 5. The number of amides is 2. The van der Waals surface area contributed by atoms with Crippen molar-refractivity contribution < 1.29 is 14.4 Å². The molecule has 0 aliphatic carbocycles. The molecular weight excluding hydrogens is 446 g/mol. The summed E-state index contributed by atoms with van der Waals surface area (Å²) in [6, 6.07) is 8.98. The number of unbranched alkanes of at least 4 members (excludes halogenated alkanes) is 1. The molecule has 1 unspecified atom stereocenters. The zero-order valence-corrected chi connectivity index (χ0v) is 19.9. The van der Waals surface area contributed by atoms with Crippen molar-refractivity contribution >= 4 is 40.5 Å². The summed E-state index contributed by atoms with van der Waals surface area (Å²) in [7, 11) is 2.13. The van der Waals surface area contributed by atoms with E-state index in [9.17, 15) is 14.4 Å². The number of likely N-dealkylation sites (N-methyl/N-ethyl adjacent to an activating group) is 1. The molecule has 2 amide bonds. The minimum atomic E-state index is -0.624. The highest BCUT2D eigenvalue weighted by atomic mass is 35.5. The van der Waals surface area contributed by atoms with Crippen molar-refractivity contribution in [2.24, 2.45) is 5.73 Å². The summed E-state index contributed by atoms with van der Waals surface area (Å²) >= 11 is 7.13. The van der Waals surface area contributed by atoms with Crippen LogP contribution in [-0.4, -0.2) is 48.7 Å². The van der Waals surface area contributed by atoms with Crippen molar-refractivity contribution in [3.8, 4) is 0 Å². The zero-order valence-electron chi connectivity index (χ0n) is 18.4. The summed E-state index contributed by atoms with van der Waals surface area (Å²) < 4.78 is 0.523. The smallest absolute Gasteiger partial charge is 0.261 e. The number of halogens is 1. The molecule has 0 saturated carbocycles. The van der Waals surface area contributed by atoms with Crippen molar-refractivity contribution in [1.82, 2.24) is 10.2 Å². The van der Waals surface area contributed by atoms with E-state index in [4.69, 9.17) is 17.3 Å². The number of carbonyl (C=O) groups is 3. The van der Waals surface area contributed by atoms with Crippen LogP contribution in [0, 0.1) is 0 Å². The van der Waals surface area contributed by atoms with Crippen LogP contribution in [0.1, 0.15) is 52.0 Å². The van der Waals surface area contributed by atoms with Gasteiger partial charge in [0.25, 0.3) is 5.91 Å². The summed E-state index contributed by atoms with van der Waals surface area (Å²) in [5.74, 6) is -0.702. The van der Waals surface area contributed by atoms with Crippen LogP contribution in [0.5, 0.6) is 0 Å². The molecule has 8 heteroatoms. The van der Waals surface area contributed by atoms with Crippen LogP contribution in [0.15, 0.2) is 30.3 Å². The third-order valence-electron chi connectivity index (χ3n) is 5.83. The third kappa shape index (κ3) is 7.15. The first-order chi connectivity index (χ1) is 15.3. The van der Waals surface area contributed by atoms with Crippen molar-refractivity contribution in [1.29, 1.82) is 0 Å². The number of nitrogens with two attached hydrogens (primary N) is 1. The number of thiophene rings is 1. The topological polar surface area (TPSA) is 92.5 Å².